The Hall–Kier alpha value is -4.80. The topological polar surface area (TPSA) is 106 Å². The van der Waals surface area contributed by atoms with Gasteiger partial charge >= 0.3 is 12.2 Å². The van der Waals surface area contributed by atoms with Crippen molar-refractivity contribution >= 4 is 23.3 Å². The lowest BCUT2D eigenvalue weighted by Gasteiger charge is -2.12. The number of aryl methyl sites for hydroxylation is 3. The van der Waals surface area contributed by atoms with E-state index in [4.69, 9.17) is 4.74 Å². The Balaban J connectivity index is 1.43. The molecular weight excluding hydrogens is 535 g/mol. The van der Waals surface area contributed by atoms with Gasteiger partial charge in [-0.2, -0.15) is 28.1 Å². The predicted molar refractivity (Wildman–Crippen MR) is 145 cm³/mol. The van der Waals surface area contributed by atoms with Gasteiger partial charge in [0, 0.05) is 36.2 Å². The monoisotopic (exact) mass is 561 g/mol. The minimum atomic E-state index is -4.55. The van der Waals surface area contributed by atoms with Crippen molar-refractivity contribution in [1.82, 2.24) is 20.3 Å². The third-order valence-electron chi connectivity index (χ3n) is 6.43. The van der Waals surface area contributed by atoms with E-state index >= 15 is 0 Å². The van der Waals surface area contributed by atoms with E-state index in [1.54, 1.807) is 36.4 Å². The van der Waals surface area contributed by atoms with Crippen LogP contribution < -0.4 is 15.4 Å². The van der Waals surface area contributed by atoms with Crippen molar-refractivity contribution in [3.05, 3.63) is 106 Å². The van der Waals surface area contributed by atoms with E-state index in [0.717, 1.165) is 16.7 Å². The van der Waals surface area contributed by atoms with Gasteiger partial charge in [0.2, 0.25) is 5.95 Å². The molecule has 0 atom stereocenters. The number of ether oxygens (including phenoxy) is 1. The Morgan fingerprint density at radius 2 is 1.46 bits per heavy atom. The highest BCUT2D eigenvalue weighted by molar-refractivity contribution is 5.98. The molecule has 1 aromatic heterocycles. The van der Waals surface area contributed by atoms with Crippen LogP contribution in [0.2, 0.25) is 0 Å². The van der Waals surface area contributed by atoms with Gasteiger partial charge in [0.15, 0.2) is 12.4 Å². The lowest BCUT2D eigenvalue weighted by atomic mass is 10.0. The Labute approximate surface area is 234 Å². The van der Waals surface area contributed by atoms with E-state index in [1.807, 2.05) is 36.4 Å². The molecule has 7 rings (SSSR count). The highest BCUT2D eigenvalue weighted by Gasteiger charge is 2.29. The maximum Gasteiger partial charge on any atom is 0.422 e. The first-order chi connectivity index (χ1) is 19.7. The van der Waals surface area contributed by atoms with Crippen LogP contribution in [-0.4, -0.2) is 39.4 Å². The fraction of sp³-hybridized carbons (Fsp3) is 0.233. The summed E-state index contributed by atoms with van der Waals surface area (Å²) < 4.78 is 43.2. The molecule has 11 heteroatoms. The number of halogens is 3. The minimum absolute atomic E-state index is 0.0431. The quantitative estimate of drug-likeness (QED) is 0.338. The van der Waals surface area contributed by atoms with E-state index < -0.39 is 18.8 Å². The fourth-order valence-electron chi connectivity index (χ4n) is 4.31. The molecule has 3 aromatic carbocycles. The molecule has 4 aromatic rings. The number of nitrogens with one attached hydrogen (secondary N) is 2. The second-order valence-electron chi connectivity index (χ2n) is 9.59. The van der Waals surface area contributed by atoms with E-state index in [2.05, 4.69) is 25.6 Å². The standard InChI is InChI=1S/C30H26F3N5O3/c31-30(32,33)18-41-29-37-26-15-7-20-2-1-3-21(16-20)17-34-27(40)23-10-8-22(9-11-23)25(39)14-6-19-4-12-24(13-5-19)35-28(36-26)38-29/h1-5,8-13,16H,6-7,14-15,17-18H2,(H,34,40)(H,35,36,37,38). The lowest BCUT2D eigenvalue weighted by molar-refractivity contribution is -0.154. The van der Waals surface area contributed by atoms with Gasteiger partial charge in [0.05, 0.1) is 0 Å². The van der Waals surface area contributed by atoms with Gasteiger partial charge in [-0.1, -0.05) is 48.5 Å². The normalized spacial score (nSPS) is 14.3. The lowest BCUT2D eigenvalue weighted by Crippen LogP contribution is -2.22. The number of anilines is 2. The van der Waals surface area contributed by atoms with Gasteiger partial charge in [0.25, 0.3) is 5.91 Å². The zero-order valence-electron chi connectivity index (χ0n) is 21.9. The van der Waals surface area contributed by atoms with E-state index in [9.17, 15) is 22.8 Å². The average Bonchev–Trinajstić information content (AvgIpc) is 2.97. The summed E-state index contributed by atoms with van der Waals surface area (Å²) in [4.78, 5) is 37.9. The Bertz CT molecular complexity index is 1540. The Morgan fingerprint density at radius 3 is 2.22 bits per heavy atom. The number of rotatable bonds is 2. The zero-order valence-corrected chi connectivity index (χ0v) is 21.9. The average molecular weight is 562 g/mol. The number of carbonyl (C=O) groups excluding carboxylic acids is 2. The van der Waals surface area contributed by atoms with Crippen LogP contribution in [0, 0.1) is 0 Å². The van der Waals surface area contributed by atoms with Crippen LogP contribution in [0.15, 0.2) is 72.8 Å². The first-order valence-electron chi connectivity index (χ1n) is 13.0. The smallest absolute Gasteiger partial charge is 0.422 e. The molecule has 210 valence electrons. The Morgan fingerprint density at radius 1 is 0.756 bits per heavy atom. The van der Waals surface area contributed by atoms with Crippen molar-refractivity contribution in [2.24, 2.45) is 0 Å². The molecule has 0 unspecified atom stereocenters. The summed E-state index contributed by atoms with van der Waals surface area (Å²) in [5.74, 6) is 0.00587. The first kappa shape index (κ1) is 27.8. The molecular formula is C30H26F3N5O3. The van der Waals surface area contributed by atoms with Crippen LogP contribution >= 0.6 is 0 Å². The van der Waals surface area contributed by atoms with E-state index in [1.165, 1.54) is 0 Å². The summed E-state index contributed by atoms with van der Waals surface area (Å²) in [6.45, 7) is -1.24. The summed E-state index contributed by atoms with van der Waals surface area (Å²) >= 11 is 0. The summed E-state index contributed by atoms with van der Waals surface area (Å²) in [6.07, 6.45) is -2.95. The highest BCUT2D eigenvalue weighted by Crippen LogP contribution is 2.21. The SMILES string of the molecule is O=C1CCc2ccc(cc2)Nc2nc(nc(OCC(F)(F)F)n2)CCc2cccc(c2)CNC(=O)c2ccc1cc2. The number of nitrogens with zero attached hydrogens (tertiary/aromatic N) is 3. The number of benzene rings is 3. The Kier molecular flexibility index (Phi) is 8.23. The van der Waals surface area contributed by atoms with Crippen LogP contribution in [0.4, 0.5) is 24.8 Å². The molecule has 1 amide bonds. The largest absolute Gasteiger partial charge is 0.454 e. The van der Waals surface area contributed by atoms with Crippen molar-refractivity contribution < 1.29 is 27.5 Å². The number of amides is 1. The van der Waals surface area contributed by atoms with Crippen LogP contribution in [0.3, 0.4) is 0 Å². The number of fused-ring (bicyclic) bond motifs is 2. The molecule has 0 spiro atoms. The van der Waals surface area contributed by atoms with Gasteiger partial charge in [-0.25, -0.2) is 0 Å². The molecule has 3 aliphatic rings. The minimum Gasteiger partial charge on any atom is -0.454 e. The molecule has 0 radical (unpaired) electrons. The molecule has 4 heterocycles. The number of ketones is 1. The van der Waals surface area contributed by atoms with Gasteiger partial charge in [-0.05, 0) is 53.8 Å². The maximum atomic E-state index is 12.8. The zero-order chi connectivity index (χ0) is 28.8. The molecule has 8 bridgehead atoms. The molecule has 0 saturated heterocycles. The predicted octanol–water partition coefficient (Wildman–Crippen LogP) is 5.40. The molecule has 0 saturated carbocycles. The molecule has 0 aliphatic carbocycles. The van der Waals surface area contributed by atoms with Crippen molar-refractivity contribution in [1.29, 1.82) is 0 Å². The molecule has 8 nitrogen and oxygen atoms in total. The third kappa shape index (κ3) is 7.87. The number of aromatic nitrogens is 3. The maximum absolute atomic E-state index is 12.8. The van der Waals surface area contributed by atoms with Crippen molar-refractivity contribution in [2.45, 2.75) is 38.4 Å². The highest BCUT2D eigenvalue weighted by atomic mass is 19.4. The van der Waals surface area contributed by atoms with Gasteiger partial charge in [-0.15, -0.1) is 0 Å². The number of hydrogen-bond donors (Lipinski definition) is 2. The van der Waals surface area contributed by atoms with Gasteiger partial charge in [0.1, 0.15) is 5.82 Å². The van der Waals surface area contributed by atoms with Crippen molar-refractivity contribution in [3.63, 3.8) is 0 Å². The van der Waals surface area contributed by atoms with Crippen LogP contribution in [0.25, 0.3) is 0 Å². The number of alkyl halides is 3. The summed E-state index contributed by atoms with van der Waals surface area (Å²) in [7, 11) is 0. The summed E-state index contributed by atoms with van der Waals surface area (Å²) in [5, 5.41) is 5.89. The summed E-state index contributed by atoms with van der Waals surface area (Å²) in [6, 6.07) is 21.0. The van der Waals surface area contributed by atoms with Gasteiger partial charge < -0.3 is 15.4 Å². The molecule has 41 heavy (non-hydrogen) atoms. The van der Waals surface area contributed by atoms with E-state index in [0.29, 0.717) is 42.6 Å². The van der Waals surface area contributed by atoms with Crippen molar-refractivity contribution in [3.8, 4) is 6.01 Å². The molecule has 0 fully saturated rings. The van der Waals surface area contributed by atoms with Crippen LogP contribution in [0.5, 0.6) is 6.01 Å². The third-order valence-corrected chi connectivity index (χ3v) is 6.43. The first-order valence-corrected chi connectivity index (χ1v) is 13.0. The molecule has 2 N–H and O–H groups in total. The summed E-state index contributed by atoms with van der Waals surface area (Å²) in [5.41, 5.74) is 4.31. The van der Waals surface area contributed by atoms with Crippen LogP contribution in [-0.2, 0) is 25.8 Å². The second-order valence-corrected chi connectivity index (χ2v) is 9.59. The second kappa shape index (κ2) is 12.2. The fourth-order valence-corrected chi connectivity index (χ4v) is 4.31. The van der Waals surface area contributed by atoms with Crippen molar-refractivity contribution in [2.75, 3.05) is 11.9 Å². The van der Waals surface area contributed by atoms with Crippen LogP contribution in [0.1, 0.15) is 49.7 Å². The number of hydrogen-bond acceptors (Lipinski definition) is 7. The van der Waals surface area contributed by atoms with E-state index in [-0.39, 0.29) is 29.9 Å². The number of Topliss-reactive ketones (excluding diaryl/α,β-unsaturated/α-hetero) is 1. The molecule has 3 aliphatic heterocycles. The number of carbonyl (C=O) groups is 2. The van der Waals surface area contributed by atoms with Gasteiger partial charge in [-0.3, -0.25) is 9.59 Å².